The number of benzene rings is 8. The molecule has 6 heterocycles. The van der Waals surface area contributed by atoms with Crippen LogP contribution < -0.4 is 0 Å². The first-order chi connectivity index (χ1) is 29.8. The number of pyridine rings is 1. The highest BCUT2D eigenvalue weighted by Gasteiger charge is 2.24. The van der Waals surface area contributed by atoms with Crippen LogP contribution in [0.1, 0.15) is 0 Å². The lowest BCUT2D eigenvalue weighted by Crippen LogP contribution is -2.01. The third kappa shape index (κ3) is 4.17. The zero-order valence-corrected chi connectivity index (χ0v) is 32.2. The van der Waals surface area contributed by atoms with Gasteiger partial charge in [-0.15, -0.1) is 0 Å². The molecule has 0 N–H and O–H groups in total. The van der Waals surface area contributed by atoms with Crippen molar-refractivity contribution < 1.29 is 4.42 Å². The van der Waals surface area contributed by atoms with Gasteiger partial charge in [0, 0.05) is 48.7 Å². The van der Waals surface area contributed by atoms with Crippen LogP contribution in [-0.4, -0.2) is 18.4 Å². The molecule has 60 heavy (non-hydrogen) atoms. The second-order valence-corrected chi connectivity index (χ2v) is 15.9. The van der Waals surface area contributed by atoms with E-state index in [0.29, 0.717) is 0 Å². The lowest BCUT2D eigenvalue weighted by molar-refractivity contribution is 0.673. The Bertz CT molecular complexity index is 4050. The highest BCUT2D eigenvalue weighted by Crippen LogP contribution is 2.45. The molecule has 0 bridgehead atoms. The zero-order valence-electron chi connectivity index (χ0n) is 32.2. The summed E-state index contributed by atoms with van der Waals surface area (Å²) in [6.45, 7) is 0. The number of rotatable bonds is 3. The van der Waals surface area contributed by atoms with Crippen LogP contribution in [0.15, 0.2) is 199 Å². The SMILES string of the molecule is c1ccc(-c2cc(-c3ccccc3)nc(-n3c4ccccc4c4cc5c(cc43)n3c4ccccc4c4cccc(c6cccc7c8oc9ccccc9c8n5c67)c43)c2)cc1. The summed E-state index contributed by atoms with van der Waals surface area (Å²) in [4.78, 5) is 5.49. The summed E-state index contributed by atoms with van der Waals surface area (Å²) in [5.41, 5.74) is 15.0. The number of furan rings is 1. The number of fused-ring (bicyclic) bond motifs is 15. The maximum atomic E-state index is 6.80. The van der Waals surface area contributed by atoms with Gasteiger partial charge >= 0.3 is 0 Å². The average molecular weight is 765 g/mol. The minimum atomic E-state index is 0.868. The van der Waals surface area contributed by atoms with E-state index >= 15 is 0 Å². The molecule has 14 aromatic rings. The van der Waals surface area contributed by atoms with Gasteiger partial charge in [0.2, 0.25) is 0 Å². The largest absolute Gasteiger partial charge is 0.454 e. The number of hydrogen-bond donors (Lipinski definition) is 0. The Kier molecular flexibility index (Phi) is 6.23. The predicted molar refractivity (Wildman–Crippen MR) is 249 cm³/mol. The van der Waals surface area contributed by atoms with Gasteiger partial charge in [-0.05, 0) is 65.7 Å². The van der Waals surface area contributed by atoms with Gasteiger partial charge in [-0.25, -0.2) is 4.98 Å². The zero-order chi connectivity index (χ0) is 39.1. The van der Waals surface area contributed by atoms with E-state index in [1.807, 2.05) is 0 Å². The van der Waals surface area contributed by atoms with Crippen molar-refractivity contribution in [3.63, 3.8) is 0 Å². The highest BCUT2D eigenvalue weighted by atomic mass is 16.3. The summed E-state index contributed by atoms with van der Waals surface area (Å²) in [6.07, 6.45) is 0. The molecule has 0 radical (unpaired) electrons. The molecule has 278 valence electrons. The summed E-state index contributed by atoms with van der Waals surface area (Å²) in [5, 5.41) is 9.34. The van der Waals surface area contributed by atoms with Gasteiger partial charge in [0.1, 0.15) is 16.9 Å². The van der Waals surface area contributed by atoms with Gasteiger partial charge in [0.05, 0.1) is 44.3 Å². The molecule has 0 unspecified atom stereocenters. The first kappa shape index (κ1) is 31.9. The number of para-hydroxylation sites is 5. The highest BCUT2D eigenvalue weighted by molar-refractivity contribution is 6.27. The van der Waals surface area contributed by atoms with Gasteiger partial charge in [-0.3, -0.25) is 4.57 Å². The lowest BCUT2D eigenvalue weighted by Gasteiger charge is -2.14. The Morgan fingerprint density at radius 2 is 0.900 bits per heavy atom. The molecular formula is C55H32N4O. The lowest BCUT2D eigenvalue weighted by atomic mass is 10.0. The van der Waals surface area contributed by atoms with Gasteiger partial charge < -0.3 is 13.2 Å². The Hall–Kier alpha value is -8.15. The van der Waals surface area contributed by atoms with Crippen LogP contribution in [-0.2, 0) is 0 Å². The fourth-order valence-electron chi connectivity index (χ4n) is 10.2. The van der Waals surface area contributed by atoms with E-state index in [-0.39, 0.29) is 0 Å². The summed E-state index contributed by atoms with van der Waals surface area (Å²) in [7, 11) is 0. The van der Waals surface area contributed by atoms with Crippen LogP contribution in [0.3, 0.4) is 0 Å². The van der Waals surface area contributed by atoms with E-state index in [1.165, 1.54) is 32.4 Å². The molecule has 0 fully saturated rings. The van der Waals surface area contributed by atoms with Crippen LogP contribution in [0.5, 0.6) is 0 Å². The maximum Gasteiger partial charge on any atom is 0.161 e. The monoisotopic (exact) mass is 764 g/mol. The first-order valence-corrected chi connectivity index (χ1v) is 20.5. The Balaban J connectivity index is 1.25. The van der Waals surface area contributed by atoms with E-state index in [0.717, 1.165) is 94.1 Å². The fourth-order valence-corrected chi connectivity index (χ4v) is 10.2. The minimum Gasteiger partial charge on any atom is -0.454 e. The molecule has 0 amide bonds. The maximum absolute atomic E-state index is 6.80. The molecule has 0 saturated heterocycles. The summed E-state index contributed by atoms with van der Waals surface area (Å²) >= 11 is 0. The van der Waals surface area contributed by atoms with Crippen LogP contribution in [0.2, 0.25) is 0 Å². The normalized spacial score (nSPS) is 12.3. The van der Waals surface area contributed by atoms with Crippen molar-refractivity contribution in [1.82, 2.24) is 18.4 Å². The summed E-state index contributed by atoms with van der Waals surface area (Å²) in [5.74, 6) is 0.868. The fraction of sp³-hybridized carbons (Fsp3) is 0. The first-order valence-electron chi connectivity index (χ1n) is 20.5. The molecule has 0 spiro atoms. The van der Waals surface area contributed by atoms with Gasteiger partial charge in [-0.2, -0.15) is 0 Å². The number of aromatic nitrogens is 4. The third-order valence-electron chi connectivity index (χ3n) is 12.8. The van der Waals surface area contributed by atoms with Crippen molar-refractivity contribution in [1.29, 1.82) is 0 Å². The minimum absolute atomic E-state index is 0.868. The average Bonchev–Trinajstić information content (AvgIpc) is 4.04. The number of hydrogen-bond acceptors (Lipinski definition) is 2. The van der Waals surface area contributed by atoms with Crippen molar-refractivity contribution >= 4 is 98.4 Å². The molecule has 0 aliphatic heterocycles. The van der Waals surface area contributed by atoms with Crippen LogP contribution >= 0.6 is 0 Å². The van der Waals surface area contributed by atoms with E-state index in [1.54, 1.807) is 0 Å². The van der Waals surface area contributed by atoms with Crippen molar-refractivity contribution in [2.24, 2.45) is 0 Å². The molecule has 0 aliphatic carbocycles. The Labute approximate surface area is 342 Å². The van der Waals surface area contributed by atoms with Crippen molar-refractivity contribution in [3.05, 3.63) is 194 Å². The summed E-state index contributed by atoms with van der Waals surface area (Å²) in [6, 6.07) is 70.0. The van der Waals surface area contributed by atoms with E-state index in [9.17, 15) is 0 Å². The third-order valence-corrected chi connectivity index (χ3v) is 12.8. The smallest absolute Gasteiger partial charge is 0.161 e. The Morgan fingerprint density at radius 1 is 0.333 bits per heavy atom. The van der Waals surface area contributed by atoms with Gasteiger partial charge in [0.25, 0.3) is 0 Å². The molecule has 6 aromatic heterocycles. The number of nitrogens with zero attached hydrogens (tertiary/aromatic N) is 4. The molecule has 5 heteroatoms. The van der Waals surface area contributed by atoms with Crippen LogP contribution in [0.4, 0.5) is 0 Å². The molecule has 5 nitrogen and oxygen atoms in total. The van der Waals surface area contributed by atoms with Crippen molar-refractivity contribution in [2.45, 2.75) is 0 Å². The Morgan fingerprint density at radius 3 is 1.67 bits per heavy atom. The molecule has 0 aliphatic rings. The van der Waals surface area contributed by atoms with Crippen molar-refractivity contribution in [2.75, 3.05) is 0 Å². The predicted octanol–water partition coefficient (Wildman–Crippen LogP) is 14.5. The van der Waals surface area contributed by atoms with Gasteiger partial charge in [0.15, 0.2) is 5.58 Å². The second kappa shape index (κ2) is 11.7. The quantitative estimate of drug-likeness (QED) is 0.180. The molecule has 14 rings (SSSR count). The van der Waals surface area contributed by atoms with Crippen molar-refractivity contribution in [3.8, 4) is 28.2 Å². The topological polar surface area (TPSA) is 39.8 Å². The molecule has 0 atom stereocenters. The summed E-state index contributed by atoms with van der Waals surface area (Å²) < 4.78 is 14.2. The van der Waals surface area contributed by atoms with Crippen LogP contribution in [0.25, 0.3) is 127 Å². The molecular weight excluding hydrogens is 733 g/mol. The van der Waals surface area contributed by atoms with E-state index in [2.05, 4.69) is 207 Å². The van der Waals surface area contributed by atoms with E-state index < -0.39 is 0 Å². The molecule has 0 saturated carbocycles. The standard InChI is InChI=1S/C55H32N4O/c1-3-15-33(16-4-1)35-29-44(34-17-5-2-6-18-34)56-51(30-35)57-45-26-10-8-20-37(45)43-31-48-49(32-47(43)57)58-46-27-11-7-19-36(46)38-22-13-23-39(52(38)58)40-24-14-25-42-53(40)59(48)54-41-21-9-12-28-50(41)60-55(42)54/h1-32H. The van der Waals surface area contributed by atoms with E-state index in [4.69, 9.17) is 9.40 Å². The second-order valence-electron chi connectivity index (χ2n) is 15.9. The van der Waals surface area contributed by atoms with Gasteiger partial charge in [-0.1, -0.05) is 140 Å². The molecule has 8 aromatic carbocycles. The van der Waals surface area contributed by atoms with Crippen LogP contribution in [0, 0.1) is 0 Å².